The Kier molecular flexibility index (Phi) is 7.15. The van der Waals surface area contributed by atoms with Crippen molar-refractivity contribution in [3.8, 4) is 0 Å². The molecule has 0 bridgehead atoms. The van der Waals surface area contributed by atoms with Crippen LogP contribution in [0.3, 0.4) is 0 Å². The van der Waals surface area contributed by atoms with Crippen molar-refractivity contribution in [2.24, 2.45) is 5.92 Å². The summed E-state index contributed by atoms with van der Waals surface area (Å²) in [5.74, 6) is 1.76. The molecule has 1 aliphatic carbocycles. The zero-order chi connectivity index (χ0) is 21.8. The van der Waals surface area contributed by atoms with Crippen molar-refractivity contribution in [1.29, 1.82) is 0 Å². The average Bonchev–Trinajstić information content (AvgIpc) is 2.80. The average molecular weight is 419 g/mol. The van der Waals surface area contributed by atoms with Crippen LogP contribution in [0.4, 0.5) is 0 Å². The van der Waals surface area contributed by atoms with Gasteiger partial charge in [-0.15, -0.1) is 0 Å². The summed E-state index contributed by atoms with van der Waals surface area (Å²) in [5, 5.41) is 0. The maximum absolute atomic E-state index is 12.6. The predicted octanol–water partition coefficient (Wildman–Crippen LogP) is 7.60. The van der Waals surface area contributed by atoms with E-state index >= 15 is 0 Å². The van der Waals surface area contributed by atoms with Crippen LogP contribution in [-0.4, -0.2) is 12.1 Å². The number of carbonyl (C=O) groups is 1. The van der Waals surface area contributed by atoms with Crippen LogP contribution in [0.2, 0.25) is 0 Å². The largest absolute Gasteiger partial charge is 0.458 e. The first-order valence-corrected chi connectivity index (χ1v) is 12.5. The number of rotatable bonds is 7. The lowest BCUT2D eigenvalue weighted by molar-refractivity contribution is 0.0236. The van der Waals surface area contributed by atoms with Crippen LogP contribution in [0.25, 0.3) is 0 Å². The topological polar surface area (TPSA) is 26.3 Å². The predicted molar refractivity (Wildman–Crippen MR) is 128 cm³/mol. The van der Waals surface area contributed by atoms with Gasteiger partial charge < -0.3 is 4.74 Å². The molecule has 1 aliphatic heterocycles. The van der Waals surface area contributed by atoms with Crippen molar-refractivity contribution < 1.29 is 9.53 Å². The number of hydrogen-bond acceptors (Lipinski definition) is 2. The summed E-state index contributed by atoms with van der Waals surface area (Å²) in [6, 6.07) is 16.0. The van der Waals surface area contributed by atoms with Crippen molar-refractivity contribution in [3.05, 3.63) is 70.3 Å². The number of hydrogen-bond donors (Lipinski definition) is 0. The van der Waals surface area contributed by atoms with Gasteiger partial charge in [0.05, 0.1) is 5.56 Å². The Morgan fingerprint density at radius 1 is 0.968 bits per heavy atom. The summed E-state index contributed by atoms with van der Waals surface area (Å²) in [6.45, 7) is 6.73. The summed E-state index contributed by atoms with van der Waals surface area (Å²) in [6.07, 6.45) is 10.4. The molecule has 1 saturated carbocycles. The number of aryl methyl sites for hydroxylation is 1. The third-order valence-corrected chi connectivity index (χ3v) is 7.68. The molecule has 0 N–H and O–H groups in total. The number of cyclic esters (lactones) is 1. The molecule has 1 heterocycles. The monoisotopic (exact) mass is 418 g/mol. The van der Waals surface area contributed by atoms with Gasteiger partial charge in [-0.3, -0.25) is 0 Å². The zero-order valence-electron chi connectivity index (χ0n) is 19.5. The number of esters is 1. The molecule has 2 atom stereocenters. The van der Waals surface area contributed by atoms with Crippen LogP contribution in [0.15, 0.2) is 42.5 Å². The zero-order valence-corrected chi connectivity index (χ0v) is 19.5. The fourth-order valence-corrected chi connectivity index (χ4v) is 5.70. The molecule has 0 spiro atoms. The molecule has 4 rings (SSSR count). The molecule has 1 fully saturated rings. The van der Waals surface area contributed by atoms with E-state index in [1.807, 2.05) is 0 Å². The van der Waals surface area contributed by atoms with Crippen molar-refractivity contribution in [2.75, 3.05) is 0 Å². The van der Waals surface area contributed by atoms with Crippen molar-refractivity contribution in [1.82, 2.24) is 0 Å². The molecule has 0 aromatic heterocycles. The Morgan fingerprint density at radius 3 is 2.39 bits per heavy atom. The molecule has 166 valence electrons. The lowest BCUT2D eigenvalue weighted by atomic mass is 9.72. The Labute approximate surface area is 188 Å². The fraction of sp³-hybridized carbons (Fsp3) is 0.552. The highest BCUT2D eigenvalue weighted by atomic mass is 16.5. The molecule has 2 nitrogen and oxygen atoms in total. The van der Waals surface area contributed by atoms with Crippen molar-refractivity contribution in [2.45, 2.75) is 96.5 Å². The smallest absolute Gasteiger partial charge is 0.338 e. The van der Waals surface area contributed by atoms with Gasteiger partial charge in [-0.25, -0.2) is 4.79 Å². The van der Waals surface area contributed by atoms with E-state index in [9.17, 15) is 4.79 Å². The van der Waals surface area contributed by atoms with Gasteiger partial charge in [0.2, 0.25) is 0 Å². The van der Waals surface area contributed by atoms with E-state index in [2.05, 4.69) is 63.2 Å². The van der Waals surface area contributed by atoms with Crippen LogP contribution in [0.1, 0.15) is 110 Å². The van der Waals surface area contributed by atoms with Crippen molar-refractivity contribution in [3.63, 3.8) is 0 Å². The second kappa shape index (κ2) is 10.0. The van der Waals surface area contributed by atoms with Gasteiger partial charge in [0, 0.05) is 6.42 Å². The third-order valence-electron chi connectivity index (χ3n) is 7.68. The molecule has 2 unspecified atom stereocenters. The quantitative estimate of drug-likeness (QED) is 0.433. The van der Waals surface area contributed by atoms with E-state index in [4.69, 9.17) is 4.74 Å². The highest BCUT2D eigenvalue weighted by Gasteiger charge is 2.30. The van der Waals surface area contributed by atoms with Crippen LogP contribution < -0.4 is 0 Å². The Bertz CT molecular complexity index is 874. The van der Waals surface area contributed by atoms with Gasteiger partial charge in [0.25, 0.3) is 0 Å². The maximum Gasteiger partial charge on any atom is 0.338 e. The van der Waals surface area contributed by atoms with E-state index in [-0.39, 0.29) is 12.1 Å². The normalized spacial score (nSPS) is 24.4. The molecule has 0 amide bonds. The van der Waals surface area contributed by atoms with E-state index in [0.717, 1.165) is 24.8 Å². The standard InChI is InChI=1S/C29H38O2/c1-4-6-21-8-10-23(11-9-21)24-14-12-22(13-15-24)20(3)25-16-17-26-18-27(7-5-2)31-29(30)28(26)19-25/h8-11,16-17,19-20,22,24,27H,4-7,12-15,18H2,1-3H3. The Balaban J connectivity index is 1.38. The highest BCUT2D eigenvalue weighted by molar-refractivity contribution is 5.92. The Morgan fingerprint density at radius 2 is 1.71 bits per heavy atom. The van der Waals surface area contributed by atoms with Gasteiger partial charge >= 0.3 is 5.97 Å². The maximum atomic E-state index is 12.6. The number of ether oxygens (including phenoxy) is 1. The number of fused-ring (bicyclic) bond motifs is 1. The molecule has 0 saturated heterocycles. The first kappa shape index (κ1) is 22.1. The van der Waals surface area contributed by atoms with E-state index in [0.29, 0.717) is 17.8 Å². The second-order valence-electron chi connectivity index (χ2n) is 9.83. The highest BCUT2D eigenvalue weighted by Crippen LogP contribution is 2.42. The molecular formula is C29H38O2. The molecule has 0 radical (unpaired) electrons. The summed E-state index contributed by atoms with van der Waals surface area (Å²) >= 11 is 0. The minimum absolute atomic E-state index is 0.0552. The summed E-state index contributed by atoms with van der Waals surface area (Å²) in [4.78, 5) is 12.6. The molecular weight excluding hydrogens is 380 g/mol. The number of benzene rings is 2. The van der Waals surface area contributed by atoms with Crippen LogP contribution in [0, 0.1) is 5.92 Å². The molecule has 2 aliphatic rings. The first-order chi connectivity index (χ1) is 15.1. The lowest BCUT2D eigenvalue weighted by Crippen LogP contribution is -2.28. The van der Waals surface area contributed by atoms with Crippen molar-refractivity contribution >= 4 is 5.97 Å². The van der Waals surface area contributed by atoms with Gasteiger partial charge in [0.1, 0.15) is 6.10 Å². The summed E-state index contributed by atoms with van der Waals surface area (Å²) in [7, 11) is 0. The number of carbonyl (C=O) groups excluding carboxylic acids is 1. The summed E-state index contributed by atoms with van der Waals surface area (Å²) < 4.78 is 5.68. The minimum atomic E-state index is -0.121. The molecule has 31 heavy (non-hydrogen) atoms. The molecule has 2 aromatic carbocycles. The minimum Gasteiger partial charge on any atom is -0.458 e. The van der Waals surface area contributed by atoms with E-state index < -0.39 is 0 Å². The van der Waals surface area contributed by atoms with Gasteiger partial charge in [-0.1, -0.05) is 70.0 Å². The molecule has 2 aromatic rings. The van der Waals surface area contributed by atoms with Gasteiger partial charge in [-0.05, 0) is 84.6 Å². The van der Waals surface area contributed by atoms with Gasteiger partial charge in [0.15, 0.2) is 0 Å². The fourth-order valence-electron chi connectivity index (χ4n) is 5.70. The second-order valence-corrected chi connectivity index (χ2v) is 9.83. The Hall–Kier alpha value is -2.09. The third kappa shape index (κ3) is 5.05. The van der Waals surface area contributed by atoms with Gasteiger partial charge in [-0.2, -0.15) is 0 Å². The summed E-state index contributed by atoms with van der Waals surface area (Å²) in [5.41, 5.74) is 6.25. The van der Waals surface area contributed by atoms with Crippen LogP contribution in [0.5, 0.6) is 0 Å². The first-order valence-electron chi connectivity index (χ1n) is 12.5. The van der Waals surface area contributed by atoms with Crippen LogP contribution in [-0.2, 0) is 17.6 Å². The van der Waals surface area contributed by atoms with E-state index in [1.165, 1.54) is 60.8 Å². The van der Waals surface area contributed by atoms with Crippen LogP contribution >= 0.6 is 0 Å². The van der Waals surface area contributed by atoms with E-state index in [1.54, 1.807) is 0 Å². The molecule has 2 heteroatoms. The lowest BCUT2D eigenvalue weighted by Gasteiger charge is -2.33. The SMILES string of the molecule is CCCc1ccc(C2CCC(C(C)c3ccc4c(c3)C(=O)OC(CCC)C4)CC2)cc1.